The van der Waals surface area contributed by atoms with E-state index in [1.54, 1.807) is 7.11 Å². The van der Waals surface area contributed by atoms with Gasteiger partial charge in [-0.25, -0.2) is 0 Å². The van der Waals surface area contributed by atoms with Crippen molar-refractivity contribution in [3.8, 4) is 0 Å². The molecule has 0 amide bonds. The van der Waals surface area contributed by atoms with Crippen LogP contribution in [0.5, 0.6) is 0 Å². The summed E-state index contributed by atoms with van der Waals surface area (Å²) < 4.78 is 5.51. The van der Waals surface area contributed by atoms with Gasteiger partial charge >= 0.3 is 0 Å². The summed E-state index contributed by atoms with van der Waals surface area (Å²) in [6, 6.07) is 0.994. The molecule has 0 radical (unpaired) electrons. The van der Waals surface area contributed by atoms with E-state index in [0.717, 1.165) is 12.2 Å². The van der Waals surface area contributed by atoms with Crippen LogP contribution < -0.4 is 5.73 Å². The highest BCUT2D eigenvalue weighted by molar-refractivity contribution is 7.98. The van der Waals surface area contributed by atoms with Crippen LogP contribution in [0.3, 0.4) is 0 Å². The summed E-state index contributed by atoms with van der Waals surface area (Å²) in [4.78, 5) is 2.43. The number of ether oxygens (including phenoxy) is 1. The molecule has 4 heteroatoms. The summed E-state index contributed by atoms with van der Waals surface area (Å²) in [7, 11) is 3.96. The Balaban J connectivity index is 4.52. The molecule has 0 rings (SSSR count). The lowest BCUT2D eigenvalue weighted by Gasteiger charge is -2.37. The fourth-order valence-electron chi connectivity index (χ4n) is 2.06. The van der Waals surface area contributed by atoms with E-state index in [9.17, 15) is 0 Å². The molecule has 3 nitrogen and oxygen atoms in total. The minimum absolute atomic E-state index is 0.101. The normalized spacial score (nSPS) is 16.2. The first-order chi connectivity index (χ1) is 7.91. The lowest BCUT2D eigenvalue weighted by molar-refractivity contribution is -0.00862. The van der Waals surface area contributed by atoms with Crippen molar-refractivity contribution in [3.05, 3.63) is 0 Å². The van der Waals surface area contributed by atoms with Gasteiger partial charge in [0.25, 0.3) is 0 Å². The van der Waals surface area contributed by atoms with E-state index in [4.69, 9.17) is 10.5 Å². The molecule has 2 N–H and O–H groups in total. The lowest BCUT2D eigenvalue weighted by atomic mass is 9.97. The molecule has 0 bridgehead atoms. The molecular weight excluding hydrogens is 232 g/mol. The van der Waals surface area contributed by atoms with E-state index in [1.807, 2.05) is 11.8 Å². The Morgan fingerprint density at radius 2 is 1.94 bits per heavy atom. The first kappa shape index (κ1) is 17.2. The van der Waals surface area contributed by atoms with Gasteiger partial charge in [0, 0.05) is 31.5 Å². The molecule has 0 spiro atoms. The molecule has 0 aliphatic carbocycles. The van der Waals surface area contributed by atoms with Crippen LogP contribution in [0.15, 0.2) is 0 Å². The van der Waals surface area contributed by atoms with E-state index in [0.29, 0.717) is 18.6 Å². The summed E-state index contributed by atoms with van der Waals surface area (Å²) in [6.45, 7) is 7.18. The second-order valence-electron chi connectivity index (χ2n) is 5.24. The van der Waals surface area contributed by atoms with Crippen molar-refractivity contribution in [2.45, 2.75) is 51.3 Å². The van der Waals surface area contributed by atoms with Gasteiger partial charge in [-0.1, -0.05) is 6.92 Å². The second-order valence-corrected chi connectivity index (χ2v) is 6.15. The van der Waals surface area contributed by atoms with Crippen LogP contribution in [0, 0.1) is 0 Å². The molecule has 0 aromatic rings. The van der Waals surface area contributed by atoms with Crippen molar-refractivity contribution in [2.75, 3.05) is 32.7 Å². The van der Waals surface area contributed by atoms with E-state index in [-0.39, 0.29) is 5.60 Å². The summed E-state index contributed by atoms with van der Waals surface area (Å²) in [5.41, 5.74) is 5.82. The van der Waals surface area contributed by atoms with Gasteiger partial charge in [-0.05, 0) is 40.0 Å². The number of nitrogens with two attached hydrogens (primary N) is 1. The zero-order valence-electron chi connectivity index (χ0n) is 12.3. The van der Waals surface area contributed by atoms with Crippen LogP contribution in [0.2, 0.25) is 0 Å². The fourth-order valence-corrected chi connectivity index (χ4v) is 2.91. The zero-order chi connectivity index (χ0) is 13.5. The number of hydrogen-bond acceptors (Lipinski definition) is 4. The summed E-state index contributed by atoms with van der Waals surface area (Å²) >= 11 is 1.90. The number of methoxy groups -OCH3 is 1. The molecule has 2 unspecified atom stereocenters. The highest BCUT2D eigenvalue weighted by Gasteiger charge is 2.27. The van der Waals surface area contributed by atoms with Gasteiger partial charge < -0.3 is 10.5 Å². The number of rotatable bonds is 9. The van der Waals surface area contributed by atoms with Crippen LogP contribution >= 0.6 is 11.8 Å². The molecule has 17 heavy (non-hydrogen) atoms. The Morgan fingerprint density at radius 1 is 1.35 bits per heavy atom. The van der Waals surface area contributed by atoms with E-state index >= 15 is 0 Å². The third kappa shape index (κ3) is 6.09. The average molecular weight is 262 g/mol. The minimum atomic E-state index is -0.101. The first-order valence-electron chi connectivity index (χ1n) is 6.37. The van der Waals surface area contributed by atoms with E-state index in [2.05, 4.69) is 39.0 Å². The standard InChI is InChI=1S/C13H30N2OS/c1-7-11(10-17-6)15(4)12(9-14)8-13(2,3)16-5/h11-12H,7-10,14H2,1-6H3. The minimum Gasteiger partial charge on any atom is -0.379 e. The smallest absolute Gasteiger partial charge is 0.0638 e. The maximum atomic E-state index is 5.92. The third-order valence-corrected chi connectivity index (χ3v) is 4.25. The van der Waals surface area contributed by atoms with Crippen LogP contribution in [0.4, 0.5) is 0 Å². The predicted molar refractivity (Wildman–Crippen MR) is 78.8 cm³/mol. The molecule has 2 atom stereocenters. The summed E-state index contributed by atoms with van der Waals surface area (Å²) in [5.74, 6) is 1.16. The zero-order valence-corrected chi connectivity index (χ0v) is 13.1. The Labute approximate surface area is 111 Å². The molecule has 0 saturated heterocycles. The van der Waals surface area contributed by atoms with Gasteiger partial charge in [-0.15, -0.1) is 0 Å². The fraction of sp³-hybridized carbons (Fsp3) is 1.00. The van der Waals surface area contributed by atoms with Crippen molar-refractivity contribution in [1.29, 1.82) is 0 Å². The topological polar surface area (TPSA) is 38.5 Å². The third-order valence-electron chi connectivity index (χ3n) is 3.53. The molecule has 0 saturated carbocycles. The van der Waals surface area contributed by atoms with E-state index in [1.165, 1.54) is 6.42 Å². The first-order valence-corrected chi connectivity index (χ1v) is 7.77. The van der Waals surface area contributed by atoms with Gasteiger partial charge in [0.05, 0.1) is 5.60 Å². The molecule has 0 heterocycles. The number of hydrogen-bond donors (Lipinski definition) is 1. The van der Waals surface area contributed by atoms with Crippen LogP contribution in [-0.2, 0) is 4.74 Å². The molecule has 0 aliphatic heterocycles. The van der Waals surface area contributed by atoms with Crippen LogP contribution in [-0.4, -0.2) is 55.3 Å². The van der Waals surface area contributed by atoms with Crippen LogP contribution in [0.1, 0.15) is 33.6 Å². The Morgan fingerprint density at radius 3 is 2.29 bits per heavy atom. The van der Waals surface area contributed by atoms with Crippen molar-refractivity contribution < 1.29 is 4.74 Å². The second kappa shape index (κ2) is 8.35. The molecule has 0 aromatic carbocycles. The van der Waals surface area contributed by atoms with Gasteiger partial charge in [0.15, 0.2) is 0 Å². The lowest BCUT2D eigenvalue weighted by Crippen LogP contribution is -2.48. The predicted octanol–water partition coefficient (Wildman–Crippen LogP) is 2.20. The molecule has 0 fully saturated rings. The molecule has 0 aromatic heterocycles. The maximum Gasteiger partial charge on any atom is 0.0638 e. The number of thioether (sulfide) groups is 1. The van der Waals surface area contributed by atoms with Crippen LogP contribution in [0.25, 0.3) is 0 Å². The highest BCUT2D eigenvalue weighted by Crippen LogP contribution is 2.21. The van der Waals surface area contributed by atoms with Crippen molar-refractivity contribution >= 4 is 11.8 Å². The van der Waals surface area contributed by atoms with Gasteiger partial charge in [0.1, 0.15) is 0 Å². The van der Waals surface area contributed by atoms with Crippen molar-refractivity contribution in [3.63, 3.8) is 0 Å². The number of likely N-dealkylation sites (N-methyl/N-ethyl adjacent to an activating group) is 1. The molecule has 104 valence electrons. The van der Waals surface area contributed by atoms with Crippen molar-refractivity contribution in [1.82, 2.24) is 4.90 Å². The largest absolute Gasteiger partial charge is 0.379 e. The monoisotopic (exact) mass is 262 g/mol. The molecular formula is C13H30N2OS. The quantitative estimate of drug-likeness (QED) is 0.691. The van der Waals surface area contributed by atoms with Gasteiger partial charge in [0.2, 0.25) is 0 Å². The Bertz CT molecular complexity index is 200. The van der Waals surface area contributed by atoms with Gasteiger partial charge in [-0.2, -0.15) is 11.8 Å². The maximum absolute atomic E-state index is 5.92. The summed E-state index contributed by atoms with van der Waals surface area (Å²) in [5, 5.41) is 0. The van der Waals surface area contributed by atoms with Gasteiger partial charge in [-0.3, -0.25) is 4.90 Å². The average Bonchev–Trinajstić information content (AvgIpc) is 2.32. The van der Waals surface area contributed by atoms with Crippen molar-refractivity contribution in [2.24, 2.45) is 5.73 Å². The number of nitrogens with zero attached hydrogens (tertiary/aromatic N) is 1. The highest BCUT2D eigenvalue weighted by atomic mass is 32.2. The Hall–Kier alpha value is 0.230. The van der Waals surface area contributed by atoms with E-state index < -0.39 is 0 Å². The SMILES string of the molecule is CCC(CSC)N(C)C(CN)CC(C)(C)OC. The summed E-state index contributed by atoms with van der Waals surface area (Å²) in [6.07, 6.45) is 4.30. The Kier molecular flexibility index (Phi) is 8.47. The molecule has 0 aliphatic rings.